The van der Waals surface area contributed by atoms with Crippen LogP contribution in [0.4, 0.5) is 4.79 Å². The van der Waals surface area contributed by atoms with Crippen LogP contribution in [0.1, 0.15) is 12.5 Å². The van der Waals surface area contributed by atoms with E-state index in [1.165, 1.54) is 12.1 Å². The van der Waals surface area contributed by atoms with E-state index in [0.29, 0.717) is 10.6 Å². The van der Waals surface area contributed by atoms with Gasteiger partial charge in [-0.25, -0.2) is 13.2 Å². The Balaban J connectivity index is 1.78. The number of sulfone groups is 1. The van der Waals surface area contributed by atoms with E-state index in [-0.39, 0.29) is 17.2 Å². The quantitative estimate of drug-likeness (QED) is 0.678. The van der Waals surface area contributed by atoms with Crippen LogP contribution < -0.4 is 5.32 Å². The van der Waals surface area contributed by atoms with Crippen LogP contribution in [0.25, 0.3) is 0 Å². The number of amides is 3. The molecule has 27 heavy (non-hydrogen) atoms. The molecule has 0 bridgehead atoms. The van der Waals surface area contributed by atoms with Crippen molar-refractivity contribution >= 4 is 49.3 Å². The Morgan fingerprint density at radius 3 is 2.26 bits per heavy atom. The van der Waals surface area contributed by atoms with Crippen LogP contribution in [0.5, 0.6) is 0 Å². The number of halogens is 2. The summed E-state index contributed by atoms with van der Waals surface area (Å²) < 4.78 is 25.7. The van der Waals surface area contributed by atoms with E-state index < -0.39 is 27.3 Å². The molecule has 1 unspecified atom stereocenters. The number of carbonyl (C=O) groups excluding carboxylic acids is 2. The Kier molecular flexibility index (Phi) is 5.33. The molecule has 1 aliphatic heterocycles. The molecule has 3 rings (SSSR count). The lowest BCUT2D eigenvalue weighted by molar-refractivity contribution is -0.130. The van der Waals surface area contributed by atoms with E-state index in [9.17, 15) is 18.0 Å². The van der Waals surface area contributed by atoms with Crippen molar-refractivity contribution in [3.05, 3.63) is 63.6 Å². The van der Waals surface area contributed by atoms with Crippen LogP contribution in [-0.2, 0) is 20.2 Å². The van der Waals surface area contributed by atoms with E-state index in [2.05, 4.69) is 21.2 Å². The van der Waals surface area contributed by atoms with Gasteiger partial charge in [0, 0.05) is 16.0 Å². The van der Waals surface area contributed by atoms with Crippen LogP contribution in [0, 0.1) is 0 Å². The van der Waals surface area contributed by atoms with Crippen molar-refractivity contribution < 1.29 is 18.0 Å². The number of hydrogen-bond acceptors (Lipinski definition) is 4. The largest absolute Gasteiger partial charge is 0.325 e. The topological polar surface area (TPSA) is 83.6 Å². The number of carbonyl (C=O) groups is 2. The van der Waals surface area contributed by atoms with E-state index >= 15 is 0 Å². The third-order valence-electron chi connectivity index (χ3n) is 4.45. The average Bonchev–Trinajstić information content (AvgIpc) is 2.84. The molecule has 3 amide bonds. The maximum atomic E-state index is 12.8. The van der Waals surface area contributed by atoms with Gasteiger partial charge in [-0.3, -0.25) is 9.69 Å². The number of nitrogens with one attached hydrogen (secondary N) is 1. The van der Waals surface area contributed by atoms with Gasteiger partial charge >= 0.3 is 6.03 Å². The Morgan fingerprint density at radius 1 is 1.07 bits per heavy atom. The first-order valence-corrected chi connectivity index (χ1v) is 10.8. The number of nitrogens with zero attached hydrogens (tertiary/aromatic N) is 1. The maximum Gasteiger partial charge on any atom is 0.325 e. The molecule has 0 saturated carbocycles. The van der Waals surface area contributed by atoms with Gasteiger partial charge < -0.3 is 5.32 Å². The van der Waals surface area contributed by atoms with Crippen molar-refractivity contribution in [3.8, 4) is 0 Å². The highest BCUT2D eigenvalue weighted by Crippen LogP contribution is 2.29. The number of urea groups is 1. The zero-order chi connectivity index (χ0) is 19.8. The molecule has 0 aliphatic carbocycles. The summed E-state index contributed by atoms with van der Waals surface area (Å²) in [5.74, 6) is -0.856. The fourth-order valence-electron chi connectivity index (χ4n) is 2.85. The van der Waals surface area contributed by atoms with E-state index in [4.69, 9.17) is 11.6 Å². The second-order valence-electron chi connectivity index (χ2n) is 6.29. The lowest BCUT2D eigenvalue weighted by atomic mass is 9.92. The predicted octanol–water partition coefficient (Wildman–Crippen LogP) is 3.34. The number of hydrogen-bond donors (Lipinski definition) is 1. The molecule has 142 valence electrons. The summed E-state index contributed by atoms with van der Waals surface area (Å²) in [6, 6.07) is 12.1. The normalized spacial score (nSPS) is 20.0. The van der Waals surface area contributed by atoms with Gasteiger partial charge in [0.25, 0.3) is 5.91 Å². The van der Waals surface area contributed by atoms with E-state index in [1.807, 2.05) is 0 Å². The molecular weight excluding hydrogens is 456 g/mol. The molecule has 1 saturated heterocycles. The standard InChI is InChI=1S/C18H16BrClN2O4S/c1-18(12-2-6-14(20)7-3-12)16(23)22(17(24)21-18)10-11-27(25,26)15-8-4-13(19)5-9-15/h2-9H,10-11H2,1H3,(H,21,24). The molecular formula is C18H16BrClN2O4S. The van der Waals surface area contributed by atoms with Crippen molar-refractivity contribution in [1.29, 1.82) is 0 Å². The van der Waals surface area contributed by atoms with Gasteiger partial charge in [0.15, 0.2) is 9.84 Å². The summed E-state index contributed by atoms with van der Waals surface area (Å²) in [5, 5.41) is 3.15. The lowest BCUT2D eigenvalue weighted by Gasteiger charge is -2.22. The summed E-state index contributed by atoms with van der Waals surface area (Å²) in [5.41, 5.74) is -0.688. The van der Waals surface area contributed by atoms with Gasteiger partial charge in [-0.05, 0) is 48.9 Å². The molecule has 1 aliphatic rings. The third-order valence-corrected chi connectivity index (χ3v) is 6.94. The van der Waals surface area contributed by atoms with Crippen LogP contribution in [0.2, 0.25) is 5.02 Å². The molecule has 0 radical (unpaired) electrons. The third kappa shape index (κ3) is 3.88. The van der Waals surface area contributed by atoms with Crippen LogP contribution in [0.15, 0.2) is 57.9 Å². The zero-order valence-electron chi connectivity index (χ0n) is 14.3. The van der Waals surface area contributed by atoms with Gasteiger partial charge in [0.05, 0.1) is 10.6 Å². The monoisotopic (exact) mass is 470 g/mol. The number of imide groups is 1. The van der Waals surface area contributed by atoms with Crippen LogP contribution in [0.3, 0.4) is 0 Å². The first-order chi connectivity index (χ1) is 12.6. The van der Waals surface area contributed by atoms with Gasteiger partial charge in [-0.2, -0.15) is 0 Å². The second-order valence-corrected chi connectivity index (χ2v) is 9.75. The lowest BCUT2D eigenvalue weighted by Crippen LogP contribution is -2.41. The summed E-state index contributed by atoms with van der Waals surface area (Å²) in [6.45, 7) is 1.35. The van der Waals surface area contributed by atoms with Crippen molar-refractivity contribution in [2.24, 2.45) is 0 Å². The minimum Gasteiger partial charge on any atom is -0.319 e. The Labute approximate surface area is 170 Å². The SMILES string of the molecule is CC1(c2ccc(Cl)cc2)NC(=O)N(CCS(=O)(=O)c2ccc(Br)cc2)C1=O. The molecule has 1 atom stereocenters. The molecule has 9 heteroatoms. The Bertz CT molecular complexity index is 993. The molecule has 6 nitrogen and oxygen atoms in total. The highest BCUT2D eigenvalue weighted by Gasteiger charge is 2.49. The Hall–Kier alpha value is -1.90. The molecule has 1 heterocycles. The first kappa shape index (κ1) is 19.9. The average molecular weight is 472 g/mol. The minimum atomic E-state index is -3.63. The van der Waals surface area contributed by atoms with Crippen molar-refractivity contribution in [1.82, 2.24) is 10.2 Å². The minimum absolute atomic E-state index is 0.137. The Morgan fingerprint density at radius 2 is 1.67 bits per heavy atom. The highest BCUT2D eigenvalue weighted by atomic mass is 79.9. The summed E-state index contributed by atoms with van der Waals surface area (Å²) in [4.78, 5) is 26.2. The zero-order valence-corrected chi connectivity index (χ0v) is 17.4. The van der Waals surface area contributed by atoms with Gasteiger partial charge in [-0.1, -0.05) is 39.7 Å². The predicted molar refractivity (Wildman–Crippen MR) is 105 cm³/mol. The first-order valence-electron chi connectivity index (χ1n) is 8.02. The summed E-state index contributed by atoms with van der Waals surface area (Å²) in [6.07, 6.45) is 0. The fraction of sp³-hybridized carbons (Fsp3) is 0.222. The smallest absolute Gasteiger partial charge is 0.319 e. The molecule has 0 aromatic heterocycles. The fourth-order valence-corrected chi connectivity index (χ4v) is 4.45. The van der Waals surface area contributed by atoms with Crippen LogP contribution >= 0.6 is 27.5 Å². The summed E-state index contributed by atoms with van der Waals surface area (Å²) >= 11 is 9.12. The van der Waals surface area contributed by atoms with Gasteiger partial charge in [0.2, 0.25) is 0 Å². The van der Waals surface area contributed by atoms with Crippen molar-refractivity contribution in [2.45, 2.75) is 17.4 Å². The molecule has 2 aromatic carbocycles. The molecule has 1 N–H and O–H groups in total. The second kappa shape index (κ2) is 7.26. The molecule has 2 aromatic rings. The van der Waals surface area contributed by atoms with Crippen LogP contribution in [-0.4, -0.2) is 37.6 Å². The summed E-state index contributed by atoms with van der Waals surface area (Å²) in [7, 11) is -3.63. The molecule has 0 spiro atoms. The maximum absolute atomic E-state index is 12.8. The number of rotatable bonds is 5. The van der Waals surface area contributed by atoms with Gasteiger partial charge in [-0.15, -0.1) is 0 Å². The molecule has 1 fully saturated rings. The van der Waals surface area contributed by atoms with Crippen molar-refractivity contribution in [2.75, 3.05) is 12.3 Å². The number of benzene rings is 2. The van der Waals surface area contributed by atoms with Crippen molar-refractivity contribution in [3.63, 3.8) is 0 Å². The van der Waals surface area contributed by atoms with E-state index in [1.54, 1.807) is 43.3 Å². The van der Waals surface area contributed by atoms with E-state index in [0.717, 1.165) is 9.37 Å². The van der Waals surface area contributed by atoms with Gasteiger partial charge in [0.1, 0.15) is 5.54 Å². The highest BCUT2D eigenvalue weighted by molar-refractivity contribution is 9.10.